The summed E-state index contributed by atoms with van der Waals surface area (Å²) in [6.07, 6.45) is -5.24. The van der Waals surface area contributed by atoms with Crippen LogP contribution in [0, 0.1) is 0 Å². The van der Waals surface area contributed by atoms with E-state index in [9.17, 15) is 18.0 Å². The highest BCUT2D eigenvalue weighted by atomic mass is 19.4. The highest BCUT2D eigenvalue weighted by Gasteiger charge is 2.33. The maximum Gasteiger partial charge on any atom is 0.389 e. The SMILES string of the molecule is NCC1c2ccccc2CCN1C(=O)CCC(F)(F)F. The fraction of sp³-hybridized carbons (Fsp3) is 0.500. The third-order valence-corrected chi connectivity index (χ3v) is 3.58. The van der Waals surface area contributed by atoms with Gasteiger partial charge in [0, 0.05) is 19.5 Å². The average molecular weight is 286 g/mol. The summed E-state index contributed by atoms with van der Waals surface area (Å²) >= 11 is 0. The molecule has 1 aromatic rings. The van der Waals surface area contributed by atoms with E-state index >= 15 is 0 Å². The Labute approximate surface area is 115 Å². The zero-order chi connectivity index (χ0) is 14.8. The summed E-state index contributed by atoms with van der Waals surface area (Å²) in [5, 5.41) is 0. The number of hydrogen-bond donors (Lipinski definition) is 1. The van der Waals surface area contributed by atoms with E-state index in [0.717, 1.165) is 11.1 Å². The summed E-state index contributed by atoms with van der Waals surface area (Å²) in [5.41, 5.74) is 7.77. The number of carbonyl (C=O) groups excluding carboxylic acids is 1. The molecule has 1 heterocycles. The van der Waals surface area contributed by atoms with Gasteiger partial charge in [-0.25, -0.2) is 0 Å². The number of nitrogens with zero attached hydrogens (tertiary/aromatic N) is 1. The molecule has 0 saturated heterocycles. The largest absolute Gasteiger partial charge is 0.389 e. The summed E-state index contributed by atoms with van der Waals surface area (Å²) in [5.74, 6) is -0.479. The molecule has 0 aliphatic carbocycles. The van der Waals surface area contributed by atoms with E-state index in [1.165, 1.54) is 4.90 Å². The Kier molecular flexibility index (Phi) is 4.32. The fourth-order valence-corrected chi connectivity index (χ4v) is 2.60. The van der Waals surface area contributed by atoms with Crippen molar-refractivity contribution < 1.29 is 18.0 Å². The Bertz CT molecular complexity index is 488. The molecular weight excluding hydrogens is 269 g/mol. The lowest BCUT2D eigenvalue weighted by molar-refractivity contribution is -0.150. The molecule has 3 nitrogen and oxygen atoms in total. The van der Waals surface area contributed by atoms with E-state index < -0.39 is 24.9 Å². The molecule has 0 bridgehead atoms. The quantitative estimate of drug-likeness (QED) is 0.927. The van der Waals surface area contributed by atoms with Gasteiger partial charge in [-0.2, -0.15) is 13.2 Å². The highest BCUT2D eigenvalue weighted by Crippen LogP contribution is 2.30. The number of fused-ring (bicyclic) bond motifs is 1. The molecule has 0 spiro atoms. The molecule has 2 N–H and O–H groups in total. The fourth-order valence-electron chi connectivity index (χ4n) is 2.60. The van der Waals surface area contributed by atoms with Crippen molar-refractivity contribution in [1.82, 2.24) is 4.90 Å². The van der Waals surface area contributed by atoms with Crippen LogP contribution in [0.15, 0.2) is 24.3 Å². The van der Waals surface area contributed by atoms with E-state index in [4.69, 9.17) is 5.73 Å². The molecule has 0 radical (unpaired) electrons. The number of rotatable bonds is 3. The van der Waals surface area contributed by atoms with Crippen LogP contribution in [0.2, 0.25) is 0 Å². The number of amides is 1. The number of benzene rings is 1. The lowest BCUT2D eigenvalue weighted by Crippen LogP contribution is -2.43. The molecule has 1 atom stereocenters. The first-order valence-electron chi connectivity index (χ1n) is 6.56. The van der Waals surface area contributed by atoms with Gasteiger partial charge in [0.15, 0.2) is 0 Å². The molecule has 2 rings (SSSR count). The molecule has 0 saturated carbocycles. The number of alkyl halides is 3. The Morgan fingerprint density at radius 1 is 1.35 bits per heavy atom. The summed E-state index contributed by atoms with van der Waals surface area (Å²) in [6.45, 7) is 0.643. The van der Waals surface area contributed by atoms with Gasteiger partial charge in [-0.15, -0.1) is 0 Å². The van der Waals surface area contributed by atoms with Crippen molar-refractivity contribution in [2.45, 2.75) is 31.5 Å². The Balaban J connectivity index is 2.11. The third kappa shape index (κ3) is 3.30. The molecule has 1 aromatic carbocycles. The number of carbonyl (C=O) groups is 1. The monoisotopic (exact) mass is 286 g/mol. The van der Waals surface area contributed by atoms with Gasteiger partial charge in [-0.3, -0.25) is 4.79 Å². The van der Waals surface area contributed by atoms with Crippen LogP contribution in [0.3, 0.4) is 0 Å². The van der Waals surface area contributed by atoms with Gasteiger partial charge < -0.3 is 10.6 Å². The van der Waals surface area contributed by atoms with E-state index in [1.807, 2.05) is 24.3 Å². The summed E-state index contributed by atoms with van der Waals surface area (Å²) in [4.78, 5) is 13.5. The first-order chi connectivity index (χ1) is 9.42. The van der Waals surface area contributed by atoms with Crippen LogP contribution in [-0.2, 0) is 11.2 Å². The molecule has 20 heavy (non-hydrogen) atoms. The van der Waals surface area contributed by atoms with Crippen molar-refractivity contribution in [2.24, 2.45) is 5.73 Å². The predicted molar refractivity (Wildman–Crippen MR) is 68.9 cm³/mol. The lowest BCUT2D eigenvalue weighted by Gasteiger charge is -2.37. The molecule has 6 heteroatoms. The second kappa shape index (κ2) is 5.83. The van der Waals surface area contributed by atoms with Crippen LogP contribution < -0.4 is 5.73 Å². The van der Waals surface area contributed by atoms with Crippen LogP contribution in [0.5, 0.6) is 0 Å². The van der Waals surface area contributed by atoms with Gasteiger partial charge in [0.2, 0.25) is 5.91 Å². The number of nitrogens with two attached hydrogens (primary N) is 1. The standard InChI is InChI=1S/C14H17F3N2O/c15-14(16,17)7-5-13(20)19-8-6-10-3-1-2-4-11(10)12(19)9-18/h1-4,12H,5-9,18H2. The van der Waals surface area contributed by atoms with Crippen molar-refractivity contribution in [3.05, 3.63) is 35.4 Å². The average Bonchev–Trinajstić information content (AvgIpc) is 2.42. The maximum atomic E-state index is 12.2. The van der Waals surface area contributed by atoms with Crippen molar-refractivity contribution in [2.75, 3.05) is 13.1 Å². The molecule has 0 aromatic heterocycles. The van der Waals surface area contributed by atoms with Crippen LogP contribution in [0.25, 0.3) is 0 Å². The Morgan fingerprint density at radius 3 is 2.70 bits per heavy atom. The Hall–Kier alpha value is -1.56. The van der Waals surface area contributed by atoms with Crippen LogP contribution in [-0.4, -0.2) is 30.1 Å². The van der Waals surface area contributed by atoms with Crippen molar-refractivity contribution in [3.63, 3.8) is 0 Å². The third-order valence-electron chi connectivity index (χ3n) is 3.58. The second-order valence-corrected chi connectivity index (χ2v) is 4.90. The minimum Gasteiger partial charge on any atom is -0.334 e. The van der Waals surface area contributed by atoms with Crippen LogP contribution in [0.4, 0.5) is 13.2 Å². The maximum absolute atomic E-state index is 12.2. The summed E-state index contributed by atoms with van der Waals surface area (Å²) in [6, 6.07) is 7.30. The number of hydrogen-bond acceptors (Lipinski definition) is 2. The van der Waals surface area contributed by atoms with Crippen LogP contribution >= 0.6 is 0 Å². The molecule has 0 fully saturated rings. The van der Waals surface area contributed by atoms with E-state index in [-0.39, 0.29) is 12.6 Å². The van der Waals surface area contributed by atoms with Gasteiger partial charge in [0.05, 0.1) is 12.5 Å². The summed E-state index contributed by atoms with van der Waals surface area (Å²) in [7, 11) is 0. The van der Waals surface area contributed by atoms with E-state index in [2.05, 4.69) is 0 Å². The molecule has 1 aliphatic rings. The molecule has 1 amide bonds. The zero-order valence-corrected chi connectivity index (χ0v) is 11.0. The first-order valence-corrected chi connectivity index (χ1v) is 6.56. The predicted octanol–water partition coefficient (Wildman–Crippen LogP) is 2.41. The molecule has 1 aliphatic heterocycles. The normalized spacial score (nSPS) is 18.8. The van der Waals surface area contributed by atoms with Crippen molar-refractivity contribution in [3.8, 4) is 0 Å². The minimum absolute atomic E-state index is 0.217. The highest BCUT2D eigenvalue weighted by molar-refractivity contribution is 5.77. The summed E-state index contributed by atoms with van der Waals surface area (Å²) < 4.78 is 36.6. The van der Waals surface area contributed by atoms with Crippen molar-refractivity contribution in [1.29, 1.82) is 0 Å². The Morgan fingerprint density at radius 2 is 2.05 bits per heavy atom. The van der Waals surface area contributed by atoms with Gasteiger partial charge in [-0.1, -0.05) is 24.3 Å². The van der Waals surface area contributed by atoms with E-state index in [1.54, 1.807) is 0 Å². The van der Waals surface area contributed by atoms with Gasteiger partial charge >= 0.3 is 6.18 Å². The topological polar surface area (TPSA) is 46.3 Å². The minimum atomic E-state index is -4.30. The molecule has 110 valence electrons. The van der Waals surface area contributed by atoms with Crippen molar-refractivity contribution >= 4 is 5.91 Å². The van der Waals surface area contributed by atoms with Crippen LogP contribution in [0.1, 0.15) is 30.0 Å². The second-order valence-electron chi connectivity index (χ2n) is 4.90. The smallest absolute Gasteiger partial charge is 0.334 e. The zero-order valence-electron chi connectivity index (χ0n) is 11.0. The van der Waals surface area contributed by atoms with Gasteiger partial charge in [-0.05, 0) is 17.5 Å². The van der Waals surface area contributed by atoms with Gasteiger partial charge in [0.25, 0.3) is 0 Å². The molecular formula is C14H17F3N2O. The van der Waals surface area contributed by atoms with E-state index in [0.29, 0.717) is 13.0 Å². The first kappa shape index (κ1) is 14.8. The lowest BCUT2D eigenvalue weighted by atomic mass is 9.92. The molecule has 1 unspecified atom stereocenters. The number of halogens is 3. The van der Waals surface area contributed by atoms with Gasteiger partial charge in [0.1, 0.15) is 0 Å².